The molecule has 2 nitrogen and oxygen atoms in total. The van der Waals surface area contributed by atoms with Crippen LogP contribution in [0.15, 0.2) is 18.2 Å². The van der Waals surface area contributed by atoms with Crippen LogP contribution < -0.4 is 5.32 Å². The Hall–Kier alpha value is -0.280. The van der Waals surface area contributed by atoms with E-state index in [1.807, 2.05) is 18.2 Å². The number of halogens is 2. The minimum absolute atomic E-state index is 0.185. The SMILES string of the molecule is CN(CCNC(C)(C)C)CCc1ccc(Cl)c(Cl)c1. The summed E-state index contributed by atoms with van der Waals surface area (Å²) >= 11 is 11.9. The number of likely N-dealkylation sites (N-methyl/N-ethyl adjacent to an activating group) is 1. The van der Waals surface area contributed by atoms with Gasteiger partial charge in [0.1, 0.15) is 0 Å². The van der Waals surface area contributed by atoms with Crippen LogP contribution in [0.25, 0.3) is 0 Å². The third-order valence-electron chi connectivity index (χ3n) is 2.92. The molecule has 1 rings (SSSR count). The predicted octanol–water partition coefficient (Wildman–Crippen LogP) is 3.86. The number of hydrogen-bond donors (Lipinski definition) is 1. The fourth-order valence-electron chi connectivity index (χ4n) is 1.75. The zero-order valence-corrected chi connectivity index (χ0v) is 13.8. The van der Waals surface area contributed by atoms with Gasteiger partial charge in [-0.1, -0.05) is 29.3 Å². The van der Waals surface area contributed by atoms with Gasteiger partial charge in [0.2, 0.25) is 0 Å². The predicted molar refractivity (Wildman–Crippen MR) is 85.4 cm³/mol. The Morgan fingerprint density at radius 2 is 1.79 bits per heavy atom. The molecular weight excluding hydrogens is 279 g/mol. The third-order valence-corrected chi connectivity index (χ3v) is 3.65. The first kappa shape index (κ1) is 16.8. The van der Waals surface area contributed by atoms with Crippen molar-refractivity contribution < 1.29 is 0 Å². The molecule has 0 saturated heterocycles. The number of hydrogen-bond acceptors (Lipinski definition) is 2. The van der Waals surface area contributed by atoms with Gasteiger partial charge in [0.15, 0.2) is 0 Å². The molecule has 0 aromatic heterocycles. The number of rotatable bonds is 6. The maximum absolute atomic E-state index is 6.01. The van der Waals surface area contributed by atoms with Gasteiger partial charge in [-0.15, -0.1) is 0 Å². The van der Waals surface area contributed by atoms with Crippen molar-refractivity contribution in [2.45, 2.75) is 32.7 Å². The van der Waals surface area contributed by atoms with Gasteiger partial charge in [0, 0.05) is 25.2 Å². The van der Waals surface area contributed by atoms with Crippen LogP contribution in [0.4, 0.5) is 0 Å². The van der Waals surface area contributed by atoms with Gasteiger partial charge in [-0.05, 0) is 51.9 Å². The van der Waals surface area contributed by atoms with E-state index in [0.717, 1.165) is 26.1 Å². The summed E-state index contributed by atoms with van der Waals surface area (Å²) in [6.07, 6.45) is 0.989. The normalized spacial score (nSPS) is 12.2. The molecule has 0 aliphatic rings. The van der Waals surface area contributed by atoms with Crippen molar-refractivity contribution >= 4 is 23.2 Å². The number of benzene rings is 1. The van der Waals surface area contributed by atoms with Crippen molar-refractivity contribution in [2.24, 2.45) is 0 Å². The molecule has 19 heavy (non-hydrogen) atoms. The van der Waals surface area contributed by atoms with E-state index in [2.05, 4.69) is 38.0 Å². The summed E-state index contributed by atoms with van der Waals surface area (Å²) in [5.41, 5.74) is 1.41. The first-order valence-electron chi connectivity index (χ1n) is 6.65. The van der Waals surface area contributed by atoms with Gasteiger partial charge in [-0.3, -0.25) is 0 Å². The topological polar surface area (TPSA) is 15.3 Å². The first-order valence-corrected chi connectivity index (χ1v) is 7.41. The summed E-state index contributed by atoms with van der Waals surface area (Å²) in [4.78, 5) is 2.32. The second-order valence-corrected chi connectivity index (χ2v) is 6.79. The summed E-state index contributed by atoms with van der Waals surface area (Å²) in [5.74, 6) is 0. The maximum Gasteiger partial charge on any atom is 0.0595 e. The lowest BCUT2D eigenvalue weighted by Gasteiger charge is -2.23. The molecule has 0 aliphatic heterocycles. The summed E-state index contributed by atoms with van der Waals surface area (Å²) < 4.78 is 0. The van der Waals surface area contributed by atoms with Crippen molar-refractivity contribution in [3.63, 3.8) is 0 Å². The highest BCUT2D eigenvalue weighted by Crippen LogP contribution is 2.22. The van der Waals surface area contributed by atoms with Crippen LogP contribution in [0.2, 0.25) is 10.0 Å². The van der Waals surface area contributed by atoms with Gasteiger partial charge in [-0.25, -0.2) is 0 Å². The van der Waals surface area contributed by atoms with Crippen LogP contribution in [0, 0.1) is 0 Å². The minimum atomic E-state index is 0.185. The third kappa shape index (κ3) is 7.17. The van der Waals surface area contributed by atoms with Gasteiger partial charge >= 0.3 is 0 Å². The van der Waals surface area contributed by atoms with Crippen LogP contribution in [-0.2, 0) is 6.42 Å². The average molecular weight is 303 g/mol. The maximum atomic E-state index is 6.01. The Morgan fingerprint density at radius 3 is 2.37 bits per heavy atom. The van der Waals surface area contributed by atoms with E-state index in [9.17, 15) is 0 Å². The number of nitrogens with zero attached hydrogens (tertiary/aromatic N) is 1. The van der Waals surface area contributed by atoms with Crippen molar-refractivity contribution in [3.05, 3.63) is 33.8 Å². The van der Waals surface area contributed by atoms with E-state index < -0.39 is 0 Å². The first-order chi connectivity index (χ1) is 8.78. The molecule has 1 N–H and O–H groups in total. The molecule has 0 heterocycles. The quantitative estimate of drug-likeness (QED) is 0.858. The standard InChI is InChI=1S/C15H24Cl2N2/c1-15(2,3)18-8-10-19(4)9-7-12-5-6-13(16)14(17)11-12/h5-6,11,18H,7-10H2,1-4H3. The highest BCUT2D eigenvalue weighted by atomic mass is 35.5. The van der Waals surface area contributed by atoms with E-state index in [1.165, 1.54) is 5.56 Å². The largest absolute Gasteiger partial charge is 0.311 e. The summed E-state index contributed by atoms with van der Waals surface area (Å²) in [6, 6.07) is 5.85. The fourth-order valence-corrected chi connectivity index (χ4v) is 2.07. The Bertz CT molecular complexity index is 400. The van der Waals surface area contributed by atoms with E-state index in [0.29, 0.717) is 10.0 Å². The Balaban J connectivity index is 2.29. The lowest BCUT2D eigenvalue weighted by molar-refractivity contribution is 0.312. The lowest BCUT2D eigenvalue weighted by Crippen LogP contribution is -2.40. The van der Waals surface area contributed by atoms with Crippen LogP contribution in [-0.4, -0.2) is 37.1 Å². The molecule has 4 heteroatoms. The smallest absolute Gasteiger partial charge is 0.0595 e. The monoisotopic (exact) mass is 302 g/mol. The van der Waals surface area contributed by atoms with Gasteiger partial charge < -0.3 is 10.2 Å². The molecule has 0 spiro atoms. The van der Waals surface area contributed by atoms with Crippen molar-refractivity contribution in [1.29, 1.82) is 0 Å². The van der Waals surface area contributed by atoms with Gasteiger partial charge in [0.25, 0.3) is 0 Å². The van der Waals surface area contributed by atoms with Gasteiger partial charge in [-0.2, -0.15) is 0 Å². The Morgan fingerprint density at radius 1 is 1.11 bits per heavy atom. The van der Waals surface area contributed by atoms with Crippen LogP contribution >= 0.6 is 23.2 Å². The molecule has 0 fully saturated rings. The summed E-state index contributed by atoms with van der Waals surface area (Å²) in [5, 5.41) is 4.74. The van der Waals surface area contributed by atoms with Crippen molar-refractivity contribution in [2.75, 3.05) is 26.7 Å². The second kappa shape index (κ2) is 7.49. The minimum Gasteiger partial charge on any atom is -0.311 e. The molecule has 0 unspecified atom stereocenters. The lowest BCUT2D eigenvalue weighted by atomic mass is 10.1. The molecule has 0 saturated carbocycles. The van der Waals surface area contributed by atoms with E-state index in [4.69, 9.17) is 23.2 Å². The molecule has 0 aliphatic carbocycles. The molecular formula is C15H24Cl2N2. The van der Waals surface area contributed by atoms with E-state index in [-0.39, 0.29) is 5.54 Å². The molecule has 0 atom stereocenters. The zero-order valence-electron chi connectivity index (χ0n) is 12.3. The molecule has 1 aromatic carbocycles. The highest BCUT2D eigenvalue weighted by Gasteiger charge is 2.08. The highest BCUT2D eigenvalue weighted by molar-refractivity contribution is 6.42. The Kier molecular flexibility index (Phi) is 6.61. The molecule has 0 bridgehead atoms. The summed E-state index contributed by atoms with van der Waals surface area (Å²) in [6.45, 7) is 9.61. The summed E-state index contributed by atoms with van der Waals surface area (Å²) in [7, 11) is 2.14. The van der Waals surface area contributed by atoms with Gasteiger partial charge in [0.05, 0.1) is 10.0 Å². The van der Waals surface area contributed by atoms with E-state index in [1.54, 1.807) is 0 Å². The fraction of sp³-hybridized carbons (Fsp3) is 0.600. The molecule has 0 radical (unpaired) electrons. The Labute approximate surface area is 127 Å². The molecule has 108 valence electrons. The molecule has 0 amide bonds. The number of nitrogens with one attached hydrogen (secondary N) is 1. The second-order valence-electron chi connectivity index (χ2n) is 5.98. The van der Waals surface area contributed by atoms with Crippen LogP contribution in [0.1, 0.15) is 26.3 Å². The van der Waals surface area contributed by atoms with Crippen molar-refractivity contribution in [3.8, 4) is 0 Å². The average Bonchev–Trinajstić information content (AvgIpc) is 2.29. The zero-order chi connectivity index (χ0) is 14.5. The van der Waals surface area contributed by atoms with Crippen LogP contribution in [0.5, 0.6) is 0 Å². The molecule has 1 aromatic rings. The van der Waals surface area contributed by atoms with Crippen LogP contribution in [0.3, 0.4) is 0 Å². The van der Waals surface area contributed by atoms with E-state index >= 15 is 0 Å². The van der Waals surface area contributed by atoms with Crippen molar-refractivity contribution in [1.82, 2.24) is 10.2 Å².